The number of anilines is 4. The fourth-order valence-electron chi connectivity index (χ4n) is 2.89. The number of benzene rings is 2. The van der Waals surface area contributed by atoms with E-state index in [9.17, 15) is 4.79 Å². The molecule has 0 unspecified atom stereocenters. The van der Waals surface area contributed by atoms with Crippen LogP contribution in [-0.2, 0) is 4.79 Å². The lowest BCUT2D eigenvalue weighted by Crippen LogP contribution is -2.38. The number of aromatic nitrogens is 2. The topological polar surface area (TPSA) is 70.2 Å². The van der Waals surface area contributed by atoms with Crippen molar-refractivity contribution in [3.8, 4) is 0 Å². The number of hydrogen-bond donors (Lipinski definition) is 2. The van der Waals surface area contributed by atoms with E-state index in [1.165, 1.54) is 23.1 Å². The number of carbonyl (C=O) groups is 1. The van der Waals surface area contributed by atoms with Crippen molar-refractivity contribution in [2.75, 3.05) is 21.3 Å². The fraction of sp³-hybridized carbons (Fsp3) is 0.318. The second-order valence-corrected chi connectivity index (χ2v) is 9.56. The summed E-state index contributed by atoms with van der Waals surface area (Å²) in [6, 6.07) is 18.3. The summed E-state index contributed by atoms with van der Waals surface area (Å²) in [5.41, 5.74) is 2.89. The van der Waals surface area contributed by atoms with Crippen molar-refractivity contribution in [3.63, 3.8) is 0 Å². The van der Waals surface area contributed by atoms with Crippen molar-refractivity contribution in [1.29, 1.82) is 0 Å². The van der Waals surface area contributed by atoms with Crippen LogP contribution in [0, 0.1) is 0 Å². The summed E-state index contributed by atoms with van der Waals surface area (Å²) < 4.78 is 0.789. The van der Waals surface area contributed by atoms with Crippen LogP contribution in [0.3, 0.4) is 0 Å². The van der Waals surface area contributed by atoms with Gasteiger partial charge in [-0.05, 0) is 64.1 Å². The van der Waals surface area contributed by atoms with Gasteiger partial charge in [0.2, 0.25) is 11.0 Å². The Kier molecular flexibility index (Phi) is 7.70. The van der Waals surface area contributed by atoms with Crippen LogP contribution in [-0.4, -0.2) is 33.9 Å². The molecule has 1 amide bonds. The highest BCUT2D eigenvalue weighted by atomic mass is 32.2. The van der Waals surface area contributed by atoms with Crippen LogP contribution >= 0.6 is 23.1 Å². The standard InChI is InChI=1S/C22H27N5OS2/c1-15(2)23-21-25-26-22(30-21)29-14-20(28)27(16(3)4)19-12-10-18(11-13-19)24-17-8-6-5-7-9-17/h5-13,15-16,24H,14H2,1-4H3,(H,23,25). The lowest BCUT2D eigenvalue weighted by atomic mass is 10.2. The normalized spacial score (nSPS) is 11.0. The highest BCUT2D eigenvalue weighted by Crippen LogP contribution is 2.28. The predicted molar refractivity (Wildman–Crippen MR) is 128 cm³/mol. The van der Waals surface area contributed by atoms with Crippen LogP contribution in [0.1, 0.15) is 27.7 Å². The average Bonchev–Trinajstić information content (AvgIpc) is 3.15. The van der Waals surface area contributed by atoms with E-state index in [4.69, 9.17) is 0 Å². The summed E-state index contributed by atoms with van der Waals surface area (Å²) in [6.07, 6.45) is 0. The Morgan fingerprint density at radius 3 is 2.30 bits per heavy atom. The minimum absolute atomic E-state index is 0.0485. The molecule has 2 aromatic carbocycles. The van der Waals surface area contributed by atoms with Gasteiger partial charge in [-0.2, -0.15) is 0 Å². The van der Waals surface area contributed by atoms with Crippen molar-refractivity contribution in [2.45, 2.75) is 44.1 Å². The third kappa shape index (κ3) is 6.21. The van der Waals surface area contributed by atoms with Crippen molar-refractivity contribution in [2.24, 2.45) is 0 Å². The molecule has 0 radical (unpaired) electrons. The number of amides is 1. The van der Waals surface area contributed by atoms with Crippen molar-refractivity contribution in [3.05, 3.63) is 54.6 Å². The summed E-state index contributed by atoms with van der Waals surface area (Å²) in [7, 11) is 0. The monoisotopic (exact) mass is 441 g/mol. The summed E-state index contributed by atoms with van der Waals surface area (Å²) in [5, 5.41) is 15.7. The maximum atomic E-state index is 12.9. The van der Waals surface area contributed by atoms with E-state index in [2.05, 4.69) is 34.7 Å². The Labute approximate surface area is 186 Å². The number of hydrogen-bond acceptors (Lipinski definition) is 7. The first kappa shape index (κ1) is 22.1. The van der Waals surface area contributed by atoms with Gasteiger partial charge in [0.25, 0.3) is 0 Å². The SMILES string of the molecule is CC(C)Nc1nnc(SCC(=O)N(c2ccc(Nc3ccccc3)cc2)C(C)C)s1. The van der Waals surface area contributed by atoms with E-state index in [1.807, 2.05) is 73.3 Å². The molecule has 1 aromatic heterocycles. The summed E-state index contributed by atoms with van der Waals surface area (Å²) in [6.45, 7) is 8.15. The quantitative estimate of drug-likeness (QED) is 0.419. The molecule has 2 N–H and O–H groups in total. The third-order valence-corrected chi connectivity index (χ3v) is 6.10. The summed E-state index contributed by atoms with van der Waals surface area (Å²) in [4.78, 5) is 14.8. The number of thioether (sulfide) groups is 1. The van der Waals surface area contributed by atoms with Gasteiger partial charge in [0.1, 0.15) is 0 Å². The van der Waals surface area contributed by atoms with Crippen LogP contribution in [0.5, 0.6) is 0 Å². The van der Waals surface area contributed by atoms with Gasteiger partial charge in [0.05, 0.1) is 5.75 Å². The Morgan fingerprint density at radius 1 is 1.00 bits per heavy atom. The second-order valence-electron chi connectivity index (χ2n) is 7.36. The van der Waals surface area contributed by atoms with Crippen LogP contribution in [0.15, 0.2) is 58.9 Å². The molecule has 3 aromatic rings. The van der Waals surface area contributed by atoms with Gasteiger partial charge in [-0.25, -0.2) is 0 Å². The van der Waals surface area contributed by atoms with Crippen LogP contribution in [0.2, 0.25) is 0 Å². The molecule has 0 spiro atoms. The number of nitrogens with one attached hydrogen (secondary N) is 2. The van der Waals surface area contributed by atoms with E-state index in [0.717, 1.165) is 26.5 Å². The van der Waals surface area contributed by atoms with Crippen LogP contribution < -0.4 is 15.5 Å². The lowest BCUT2D eigenvalue weighted by Gasteiger charge is -2.27. The third-order valence-electron chi connectivity index (χ3n) is 4.13. The number of nitrogens with zero attached hydrogens (tertiary/aromatic N) is 3. The molecular formula is C22H27N5OS2. The van der Waals surface area contributed by atoms with Crippen molar-refractivity contribution in [1.82, 2.24) is 10.2 Å². The van der Waals surface area contributed by atoms with E-state index in [0.29, 0.717) is 11.8 Å². The number of carbonyl (C=O) groups excluding carboxylic acids is 1. The Hall–Kier alpha value is -2.58. The lowest BCUT2D eigenvalue weighted by molar-refractivity contribution is -0.116. The zero-order valence-electron chi connectivity index (χ0n) is 17.6. The molecule has 0 aliphatic carbocycles. The van der Waals surface area contributed by atoms with Gasteiger partial charge < -0.3 is 15.5 Å². The highest BCUT2D eigenvalue weighted by molar-refractivity contribution is 8.01. The van der Waals surface area contributed by atoms with Crippen LogP contribution in [0.25, 0.3) is 0 Å². The van der Waals surface area contributed by atoms with Crippen molar-refractivity contribution < 1.29 is 4.79 Å². The minimum atomic E-state index is 0.0485. The Morgan fingerprint density at radius 2 is 1.67 bits per heavy atom. The smallest absolute Gasteiger partial charge is 0.237 e. The Balaban J connectivity index is 1.63. The first-order valence-corrected chi connectivity index (χ1v) is 11.7. The van der Waals surface area contributed by atoms with E-state index < -0.39 is 0 Å². The first-order valence-electron chi connectivity index (χ1n) is 9.89. The van der Waals surface area contributed by atoms with Gasteiger partial charge in [0.15, 0.2) is 4.34 Å². The van der Waals surface area contributed by atoms with Gasteiger partial charge in [-0.1, -0.05) is 41.3 Å². The average molecular weight is 442 g/mol. The largest absolute Gasteiger partial charge is 0.358 e. The molecule has 6 nitrogen and oxygen atoms in total. The molecule has 0 atom stereocenters. The van der Waals surface area contributed by atoms with Gasteiger partial charge in [-0.3, -0.25) is 4.79 Å². The number of rotatable bonds is 9. The molecule has 0 aliphatic heterocycles. The van der Waals surface area contributed by atoms with Gasteiger partial charge in [-0.15, -0.1) is 10.2 Å². The molecule has 8 heteroatoms. The Bertz CT molecular complexity index is 942. The summed E-state index contributed by atoms with van der Waals surface area (Å²) in [5.74, 6) is 0.366. The van der Waals surface area contributed by atoms with E-state index in [1.54, 1.807) is 0 Å². The van der Waals surface area contributed by atoms with Crippen LogP contribution in [0.4, 0.5) is 22.2 Å². The molecule has 1 heterocycles. The molecular weight excluding hydrogens is 414 g/mol. The maximum absolute atomic E-state index is 12.9. The zero-order chi connectivity index (χ0) is 21.5. The summed E-state index contributed by atoms with van der Waals surface area (Å²) >= 11 is 2.90. The minimum Gasteiger partial charge on any atom is -0.358 e. The molecule has 0 fully saturated rings. The fourth-order valence-corrected chi connectivity index (χ4v) is 4.65. The first-order chi connectivity index (χ1) is 14.4. The molecule has 0 bridgehead atoms. The predicted octanol–water partition coefficient (Wildman–Crippen LogP) is 5.64. The van der Waals surface area contributed by atoms with Crippen molar-refractivity contribution >= 4 is 51.2 Å². The molecule has 0 saturated heterocycles. The molecule has 3 rings (SSSR count). The van der Waals surface area contributed by atoms with Gasteiger partial charge >= 0.3 is 0 Å². The maximum Gasteiger partial charge on any atom is 0.237 e. The highest BCUT2D eigenvalue weighted by Gasteiger charge is 2.20. The zero-order valence-corrected chi connectivity index (χ0v) is 19.3. The second kappa shape index (κ2) is 10.4. The number of para-hydroxylation sites is 1. The van der Waals surface area contributed by atoms with E-state index in [-0.39, 0.29) is 11.9 Å². The molecule has 0 aliphatic rings. The molecule has 0 saturated carbocycles. The molecule has 158 valence electrons. The molecule has 30 heavy (non-hydrogen) atoms. The van der Waals surface area contributed by atoms with Gasteiger partial charge in [0, 0.05) is 29.1 Å². The van der Waals surface area contributed by atoms with E-state index >= 15 is 0 Å².